The van der Waals surface area contributed by atoms with Gasteiger partial charge in [0.2, 0.25) is 5.91 Å². The first-order valence-electron chi connectivity index (χ1n) is 12.2. The van der Waals surface area contributed by atoms with Crippen LogP contribution in [0.3, 0.4) is 0 Å². The van der Waals surface area contributed by atoms with Crippen molar-refractivity contribution in [2.24, 2.45) is 11.7 Å². The van der Waals surface area contributed by atoms with Crippen LogP contribution in [0.25, 0.3) is 11.7 Å². The summed E-state index contributed by atoms with van der Waals surface area (Å²) in [6.45, 7) is 3.30. The number of nitrogens with zero attached hydrogens (tertiary/aromatic N) is 4. The van der Waals surface area contributed by atoms with E-state index in [9.17, 15) is 19.2 Å². The third-order valence-electron chi connectivity index (χ3n) is 6.60. The molecule has 2 aromatic rings. The van der Waals surface area contributed by atoms with E-state index in [2.05, 4.69) is 0 Å². The average molecular weight is 544 g/mol. The first kappa shape index (κ1) is 26.8. The summed E-state index contributed by atoms with van der Waals surface area (Å²) in [7, 11) is 0. The molecule has 10 nitrogen and oxygen atoms in total. The van der Waals surface area contributed by atoms with Crippen molar-refractivity contribution in [3.8, 4) is 0 Å². The number of hydrogen-bond donors (Lipinski definition) is 2. The first-order valence-corrected chi connectivity index (χ1v) is 13.4. The van der Waals surface area contributed by atoms with Crippen LogP contribution in [0.15, 0.2) is 28.0 Å². The standard InChI is InChI=1S/C25H29N5O5S2/c1-15-6-7-19-27-22(28-11-8-16(9-12-28)21(26)33)17(23(34)30(19)14-15)13-18-24(35)29(25(36)37-18)10-4-2-3-5-20(31)32/h6-7,13-14,16H,2-5,8-12H2,1H3,(H2,26,33)(H,31,32)/b18-13+. The van der Waals surface area contributed by atoms with Crippen LogP contribution in [0.5, 0.6) is 0 Å². The Morgan fingerprint density at radius 3 is 2.62 bits per heavy atom. The quantitative estimate of drug-likeness (QED) is 0.278. The molecule has 0 atom stereocenters. The van der Waals surface area contributed by atoms with E-state index in [1.807, 2.05) is 17.9 Å². The number of aryl methyl sites for hydroxylation is 1. The second kappa shape index (κ2) is 11.4. The number of anilines is 1. The summed E-state index contributed by atoms with van der Waals surface area (Å²) in [5.41, 5.74) is 6.88. The van der Waals surface area contributed by atoms with E-state index in [1.54, 1.807) is 18.3 Å². The van der Waals surface area contributed by atoms with Crippen molar-refractivity contribution in [2.75, 3.05) is 24.5 Å². The minimum atomic E-state index is -0.839. The van der Waals surface area contributed by atoms with Crippen LogP contribution in [0.2, 0.25) is 0 Å². The number of thioether (sulfide) groups is 1. The fourth-order valence-electron chi connectivity index (χ4n) is 4.54. The number of carbonyl (C=O) groups excluding carboxylic acids is 2. The van der Waals surface area contributed by atoms with Gasteiger partial charge in [-0.2, -0.15) is 0 Å². The van der Waals surface area contributed by atoms with Crippen molar-refractivity contribution in [1.82, 2.24) is 14.3 Å². The highest BCUT2D eigenvalue weighted by Crippen LogP contribution is 2.34. The van der Waals surface area contributed by atoms with Gasteiger partial charge in [-0.1, -0.05) is 36.5 Å². The van der Waals surface area contributed by atoms with E-state index in [4.69, 9.17) is 28.0 Å². The number of pyridine rings is 1. The number of piperidine rings is 1. The van der Waals surface area contributed by atoms with E-state index >= 15 is 0 Å². The number of carbonyl (C=O) groups is 3. The van der Waals surface area contributed by atoms with Crippen LogP contribution in [-0.2, 0) is 14.4 Å². The van der Waals surface area contributed by atoms with Gasteiger partial charge in [-0.3, -0.25) is 28.5 Å². The molecule has 2 fully saturated rings. The van der Waals surface area contributed by atoms with E-state index in [-0.39, 0.29) is 29.7 Å². The number of carboxylic acids is 1. The topological polar surface area (TPSA) is 138 Å². The van der Waals surface area contributed by atoms with E-state index in [0.717, 1.165) is 17.3 Å². The highest BCUT2D eigenvalue weighted by Gasteiger charge is 2.33. The number of carboxylic acid groups (broad SMARTS) is 1. The molecule has 0 unspecified atom stereocenters. The molecule has 37 heavy (non-hydrogen) atoms. The van der Waals surface area contributed by atoms with Crippen LogP contribution in [0, 0.1) is 12.8 Å². The molecule has 0 spiro atoms. The summed E-state index contributed by atoms with van der Waals surface area (Å²) in [5, 5.41) is 8.79. The maximum Gasteiger partial charge on any atom is 0.303 e. The second-order valence-corrected chi connectivity index (χ2v) is 11.0. The minimum Gasteiger partial charge on any atom is -0.481 e. The van der Waals surface area contributed by atoms with Crippen molar-refractivity contribution in [1.29, 1.82) is 0 Å². The molecule has 0 aliphatic carbocycles. The van der Waals surface area contributed by atoms with Crippen molar-refractivity contribution in [3.63, 3.8) is 0 Å². The lowest BCUT2D eigenvalue weighted by atomic mass is 9.96. The number of fused-ring (bicyclic) bond motifs is 1. The van der Waals surface area contributed by atoms with Gasteiger partial charge in [0.25, 0.3) is 11.5 Å². The molecule has 2 aliphatic rings. The van der Waals surface area contributed by atoms with Gasteiger partial charge in [0.15, 0.2) is 0 Å². The Labute approximate surface area is 223 Å². The monoisotopic (exact) mass is 543 g/mol. The van der Waals surface area contributed by atoms with Crippen LogP contribution >= 0.6 is 24.0 Å². The number of amides is 2. The molecule has 12 heteroatoms. The maximum absolute atomic E-state index is 13.6. The summed E-state index contributed by atoms with van der Waals surface area (Å²) in [6, 6.07) is 3.66. The molecule has 4 rings (SSSR count). The van der Waals surface area contributed by atoms with E-state index < -0.39 is 5.97 Å². The number of aliphatic carboxylic acids is 1. The Morgan fingerprint density at radius 1 is 1.22 bits per heavy atom. The summed E-state index contributed by atoms with van der Waals surface area (Å²) < 4.78 is 1.88. The molecule has 4 heterocycles. The number of hydrogen-bond acceptors (Lipinski definition) is 8. The summed E-state index contributed by atoms with van der Waals surface area (Å²) >= 11 is 6.57. The first-order chi connectivity index (χ1) is 17.7. The van der Waals surface area contributed by atoms with E-state index in [0.29, 0.717) is 78.0 Å². The SMILES string of the molecule is Cc1ccc2nc(N3CCC(C(N)=O)CC3)c(/C=C3/SC(=S)N(CCCCCC(=O)O)C3=O)c(=O)n2c1. The van der Waals surface area contributed by atoms with Crippen molar-refractivity contribution >= 4 is 63.6 Å². The smallest absolute Gasteiger partial charge is 0.303 e. The third-order valence-corrected chi connectivity index (χ3v) is 7.98. The molecule has 0 bridgehead atoms. The van der Waals surface area contributed by atoms with Crippen LogP contribution in [0.4, 0.5) is 5.82 Å². The normalized spacial score (nSPS) is 17.8. The summed E-state index contributed by atoms with van der Waals surface area (Å²) in [6.07, 6.45) is 6.35. The highest BCUT2D eigenvalue weighted by molar-refractivity contribution is 8.26. The highest BCUT2D eigenvalue weighted by atomic mass is 32.2. The summed E-state index contributed by atoms with van der Waals surface area (Å²) in [4.78, 5) is 57.7. The fraction of sp³-hybridized carbons (Fsp3) is 0.440. The third kappa shape index (κ3) is 6.02. The molecular formula is C25H29N5O5S2. The van der Waals surface area contributed by atoms with Crippen LogP contribution in [0.1, 0.15) is 49.7 Å². The zero-order valence-electron chi connectivity index (χ0n) is 20.5. The summed E-state index contributed by atoms with van der Waals surface area (Å²) in [5.74, 6) is -1.19. The number of thiocarbonyl (C=S) groups is 1. The van der Waals surface area contributed by atoms with Crippen LogP contribution in [-0.4, -0.2) is 61.1 Å². The average Bonchev–Trinajstić information content (AvgIpc) is 3.13. The number of aromatic nitrogens is 2. The van der Waals surface area contributed by atoms with E-state index in [1.165, 1.54) is 9.30 Å². The molecule has 0 radical (unpaired) electrons. The van der Waals surface area contributed by atoms with Gasteiger partial charge in [0.1, 0.15) is 15.8 Å². The predicted molar refractivity (Wildman–Crippen MR) is 146 cm³/mol. The molecule has 3 N–H and O–H groups in total. The Kier molecular flexibility index (Phi) is 8.28. The minimum absolute atomic E-state index is 0.0934. The van der Waals surface area contributed by atoms with Crippen LogP contribution < -0.4 is 16.2 Å². The van der Waals surface area contributed by atoms with Gasteiger partial charge < -0.3 is 15.7 Å². The second-order valence-electron chi connectivity index (χ2n) is 9.29. The Balaban J connectivity index is 1.64. The molecule has 2 amide bonds. The largest absolute Gasteiger partial charge is 0.481 e. The lowest BCUT2D eigenvalue weighted by molar-refractivity contribution is -0.137. The Hall–Kier alpha value is -3.25. The Bertz CT molecular complexity index is 1350. The molecule has 2 saturated heterocycles. The van der Waals surface area contributed by atoms with Gasteiger partial charge in [0, 0.05) is 38.2 Å². The number of rotatable bonds is 9. The molecule has 0 aromatic carbocycles. The zero-order valence-corrected chi connectivity index (χ0v) is 22.1. The molecule has 2 aromatic heterocycles. The lowest BCUT2D eigenvalue weighted by Crippen LogP contribution is -2.40. The predicted octanol–water partition coefficient (Wildman–Crippen LogP) is 2.55. The maximum atomic E-state index is 13.6. The molecule has 0 saturated carbocycles. The van der Waals surface area contributed by atoms with Crippen molar-refractivity contribution < 1.29 is 19.5 Å². The van der Waals surface area contributed by atoms with Gasteiger partial charge in [-0.15, -0.1) is 0 Å². The Morgan fingerprint density at radius 2 is 1.95 bits per heavy atom. The van der Waals surface area contributed by atoms with Gasteiger partial charge in [0.05, 0.1) is 10.5 Å². The van der Waals surface area contributed by atoms with Gasteiger partial charge >= 0.3 is 5.97 Å². The number of unbranched alkanes of at least 4 members (excludes halogenated alkanes) is 2. The number of primary amides is 1. The molecule has 2 aliphatic heterocycles. The van der Waals surface area contributed by atoms with Gasteiger partial charge in [-0.05, 0) is 50.3 Å². The zero-order chi connectivity index (χ0) is 26.7. The van der Waals surface area contributed by atoms with Crippen molar-refractivity contribution in [3.05, 3.63) is 44.7 Å². The molecular weight excluding hydrogens is 514 g/mol. The van der Waals surface area contributed by atoms with Crippen molar-refractivity contribution in [2.45, 2.75) is 45.4 Å². The fourth-order valence-corrected chi connectivity index (χ4v) is 5.83. The molecule has 196 valence electrons. The lowest BCUT2D eigenvalue weighted by Gasteiger charge is -2.32. The van der Waals surface area contributed by atoms with Gasteiger partial charge in [-0.25, -0.2) is 4.98 Å². The number of nitrogens with two attached hydrogens (primary N) is 1.